The smallest absolute Gasteiger partial charge is 0.191 e. The van der Waals surface area contributed by atoms with Gasteiger partial charge in [-0.1, -0.05) is 24.3 Å². The monoisotopic (exact) mass is 296 g/mol. The Morgan fingerprint density at radius 3 is 2.91 bits per heavy atom. The average molecular weight is 296 g/mol. The minimum atomic E-state index is 0.817. The number of fused-ring (bicyclic) bond motifs is 1. The van der Waals surface area contributed by atoms with E-state index in [1.54, 1.807) is 0 Å². The van der Waals surface area contributed by atoms with Crippen LogP contribution in [0.15, 0.2) is 41.5 Å². The topological polar surface area (TPSA) is 49.3 Å². The van der Waals surface area contributed by atoms with Crippen molar-refractivity contribution in [1.29, 1.82) is 0 Å². The molecule has 2 aromatic rings. The normalized spacial score (nSPS) is 15.0. The van der Waals surface area contributed by atoms with Gasteiger partial charge >= 0.3 is 0 Å². The van der Waals surface area contributed by atoms with E-state index in [0.29, 0.717) is 0 Å². The Bertz CT molecular complexity index is 641. The zero-order valence-corrected chi connectivity index (χ0v) is 13.2. The van der Waals surface area contributed by atoms with E-state index in [2.05, 4.69) is 51.8 Å². The summed E-state index contributed by atoms with van der Waals surface area (Å²) >= 11 is 0. The fourth-order valence-corrected chi connectivity index (χ4v) is 2.55. The number of aromatic nitrogens is 1. The fraction of sp³-hybridized carbons (Fsp3) is 0.444. The Balaban J connectivity index is 1.59. The van der Waals surface area contributed by atoms with Crippen LogP contribution in [0.25, 0.3) is 10.9 Å². The van der Waals surface area contributed by atoms with Crippen LogP contribution in [0.1, 0.15) is 25.3 Å². The van der Waals surface area contributed by atoms with Crippen LogP contribution in [0, 0.1) is 5.92 Å². The van der Waals surface area contributed by atoms with E-state index in [0.717, 1.165) is 43.4 Å². The van der Waals surface area contributed by atoms with Gasteiger partial charge in [0.2, 0.25) is 0 Å². The van der Waals surface area contributed by atoms with Crippen LogP contribution in [0.4, 0.5) is 0 Å². The van der Waals surface area contributed by atoms with Crippen LogP contribution >= 0.6 is 0 Å². The molecule has 116 valence electrons. The second kappa shape index (κ2) is 7.25. The highest BCUT2D eigenvalue weighted by Gasteiger charge is 2.20. The molecule has 1 aliphatic rings. The summed E-state index contributed by atoms with van der Waals surface area (Å²) in [6, 6.07) is 10.5. The lowest BCUT2D eigenvalue weighted by atomic mass is 10.1. The summed E-state index contributed by atoms with van der Waals surface area (Å²) in [5.41, 5.74) is 2.38. The number of rotatable bonds is 6. The molecule has 0 saturated heterocycles. The molecule has 1 saturated carbocycles. The lowest BCUT2D eigenvalue weighted by Crippen LogP contribution is -2.38. The van der Waals surface area contributed by atoms with Crippen molar-refractivity contribution < 1.29 is 0 Å². The maximum Gasteiger partial charge on any atom is 0.191 e. The first-order valence-electron chi connectivity index (χ1n) is 8.21. The highest BCUT2D eigenvalue weighted by Crippen LogP contribution is 2.28. The molecule has 1 aliphatic carbocycles. The Morgan fingerprint density at radius 1 is 1.23 bits per heavy atom. The van der Waals surface area contributed by atoms with Crippen LogP contribution in [0.3, 0.4) is 0 Å². The van der Waals surface area contributed by atoms with Gasteiger partial charge in [0, 0.05) is 31.2 Å². The Morgan fingerprint density at radius 2 is 2.09 bits per heavy atom. The number of aliphatic imine (C=N–C) groups is 1. The zero-order valence-electron chi connectivity index (χ0n) is 13.2. The third-order valence-electron chi connectivity index (χ3n) is 3.95. The number of nitrogens with one attached hydrogen (secondary N) is 2. The Hall–Kier alpha value is -2.10. The maximum atomic E-state index is 4.65. The van der Waals surface area contributed by atoms with Crippen molar-refractivity contribution in [3.05, 3.63) is 42.1 Å². The first-order chi connectivity index (χ1) is 10.9. The van der Waals surface area contributed by atoms with Crippen molar-refractivity contribution in [2.75, 3.05) is 19.6 Å². The van der Waals surface area contributed by atoms with Gasteiger partial charge in [0.1, 0.15) is 0 Å². The summed E-state index contributed by atoms with van der Waals surface area (Å²) in [6.45, 7) is 4.81. The van der Waals surface area contributed by atoms with Crippen LogP contribution in [0.2, 0.25) is 0 Å². The molecule has 1 fully saturated rings. The number of hydrogen-bond acceptors (Lipinski definition) is 2. The molecule has 0 radical (unpaired) electrons. The van der Waals surface area contributed by atoms with Gasteiger partial charge in [-0.3, -0.25) is 9.98 Å². The molecule has 0 spiro atoms. The zero-order chi connectivity index (χ0) is 15.2. The van der Waals surface area contributed by atoms with Gasteiger partial charge in [-0.05, 0) is 43.7 Å². The van der Waals surface area contributed by atoms with Gasteiger partial charge < -0.3 is 10.6 Å². The molecular formula is C18H24N4. The molecule has 1 aromatic heterocycles. The summed E-state index contributed by atoms with van der Waals surface area (Å²) in [6.07, 6.45) is 5.48. The van der Waals surface area contributed by atoms with Gasteiger partial charge in [-0.2, -0.15) is 0 Å². The quantitative estimate of drug-likeness (QED) is 0.636. The van der Waals surface area contributed by atoms with E-state index in [9.17, 15) is 0 Å². The number of nitrogens with zero attached hydrogens (tertiary/aromatic N) is 2. The summed E-state index contributed by atoms with van der Waals surface area (Å²) in [5, 5.41) is 7.94. The molecular weight excluding hydrogens is 272 g/mol. The summed E-state index contributed by atoms with van der Waals surface area (Å²) < 4.78 is 0. The summed E-state index contributed by atoms with van der Waals surface area (Å²) in [4.78, 5) is 9.16. The first kappa shape index (κ1) is 14.8. The third-order valence-corrected chi connectivity index (χ3v) is 3.95. The SMILES string of the molecule is CCNC(=NCC1CC1)NCCc1cccc2cccnc12. The second-order valence-corrected chi connectivity index (χ2v) is 5.83. The van der Waals surface area contributed by atoms with Crippen molar-refractivity contribution in [2.45, 2.75) is 26.2 Å². The maximum absolute atomic E-state index is 4.65. The highest BCUT2D eigenvalue weighted by atomic mass is 15.2. The predicted octanol–water partition coefficient (Wildman–Crippen LogP) is 2.74. The third kappa shape index (κ3) is 3.97. The minimum absolute atomic E-state index is 0.817. The molecule has 4 heteroatoms. The number of pyridine rings is 1. The van der Waals surface area contributed by atoms with E-state index >= 15 is 0 Å². The summed E-state index contributed by atoms with van der Waals surface area (Å²) in [7, 11) is 0. The van der Waals surface area contributed by atoms with Crippen LogP contribution in [-0.2, 0) is 6.42 Å². The average Bonchev–Trinajstić information content (AvgIpc) is 3.37. The highest BCUT2D eigenvalue weighted by molar-refractivity contribution is 5.82. The van der Waals surface area contributed by atoms with E-state index in [1.165, 1.54) is 23.8 Å². The Labute approximate surface area is 132 Å². The van der Waals surface area contributed by atoms with Gasteiger partial charge in [0.25, 0.3) is 0 Å². The van der Waals surface area contributed by atoms with Gasteiger partial charge in [-0.15, -0.1) is 0 Å². The minimum Gasteiger partial charge on any atom is -0.357 e. The standard InChI is InChI=1S/C18H24N4/c1-2-19-18(22-13-14-8-9-14)21-12-10-16-6-3-5-15-7-4-11-20-17(15)16/h3-7,11,14H,2,8-10,12-13H2,1H3,(H2,19,21,22). The van der Waals surface area contributed by atoms with E-state index in [-0.39, 0.29) is 0 Å². The second-order valence-electron chi connectivity index (χ2n) is 5.83. The van der Waals surface area contributed by atoms with Crippen LogP contribution in [0.5, 0.6) is 0 Å². The van der Waals surface area contributed by atoms with E-state index in [4.69, 9.17) is 0 Å². The largest absolute Gasteiger partial charge is 0.357 e. The van der Waals surface area contributed by atoms with Gasteiger partial charge in [0.05, 0.1) is 5.52 Å². The number of benzene rings is 1. The van der Waals surface area contributed by atoms with E-state index in [1.807, 2.05) is 12.3 Å². The van der Waals surface area contributed by atoms with Crippen molar-refractivity contribution >= 4 is 16.9 Å². The first-order valence-corrected chi connectivity index (χ1v) is 8.21. The Kier molecular flexibility index (Phi) is 4.88. The van der Waals surface area contributed by atoms with Gasteiger partial charge in [0.15, 0.2) is 5.96 Å². The van der Waals surface area contributed by atoms with E-state index < -0.39 is 0 Å². The van der Waals surface area contributed by atoms with Crippen LogP contribution < -0.4 is 10.6 Å². The number of guanidine groups is 1. The fourth-order valence-electron chi connectivity index (χ4n) is 2.55. The molecule has 0 unspecified atom stereocenters. The lowest BCUT2D eigenvalue weighted by molar-refractivity contribution is 0.777. The lowest BCUT2D eigenvalue weighted by Gasteiger charge is -2.12. The molecule has 22 heavy (non-hydrogen) atoms. The molecule has 0 atom stereocenters. The number of para-hydroxylation sites is 1. The van der Waals surface area contributed by atoms with Crippen molar-refractivity contribution in [2.24, 2.45) is 10.9 Å². The molecule has 3 rings (SSSR count). The molecule has 1 heterocycles. The number of hydrogen-bond donors (Lipinski definition) is 2. The molecule has 4 nitrogen and oxygen atoms in total. The molecule has 0 amide bonds. The predicted molar refractivity (Wildman–Crippen MR) is 92.2 cm³/mol. The molecule has 0 bridgehead atoms. The van der Waals surface area contributed by atoms with Gasteiger partial charge in [-0.25, -0.2) is 0 Å². The molecule has 2 N–H and O–H groups in total. The van der Waals surface area contributed by atoms with Crippen molar-refractivity contribution in [1.82, 2.24) is 15.6 Å². The van der Waals surface area contributed by atoms with Crippen molar-refractivity contribution in [3.63, 3.8) is 0 Å². The summed E-state index contributed by atoms with van der Waals surface area (Å²) in [5.74, 6) is 1.75. The van der Waals surface area contributed by atoms with Crippen molar-refractivity contribution in [3.8, 4) is 0 Å². The van der Waals surface area contributed by atoms with Crippen LogP contribution in [-0.4, -0.2) is 30.6 Å². The molecule has 1 aromatic carbocycles. The molecule has 0 aliphatic heterocycles.